The van der Waals surface area contributed by atoms with Crippen molar-refractivity contribution in [1.29, 1.82) is 0 Å². The normalized spacial score (nSPS) is 10.3. The molecule has 0 saturated carbocycles. The van der Waals surface area contributed by atoms with Gasteiger partial charge in [0.05, 0.1) is 22.8 Å². The van der Waals surface area contributed by atoms with Gasteiger partial charge in [-0.3, -0.25) is 9.59 Å². The molecule has 0 bridgehead atoms. The number of carbonyl (C=O) groups excluding carboxylic acids is 2. The second kappa shape index (κ2) is 9.46. The molecule has 0 unspecified atom stereocenters. The number of nitrogens with zero attached hydrogens (tertiary/aromatic N) is 1. The minimum absolute atomic E-state index is 0.127. The molecule has 0 atom stereocenters. The smallest absolute Gasteiger partial charge is 0.240 e. The van der Waals surface area contributed by atoms with E-state index in [9.17, 15) is 9.59 Å². The number of hydrogen-bond donors (Lipinski definition) is 1. The van der Waals surface area contributed by atoms with E-state index >= 15 is 0 Å². The molecular weight excluding hydrogens is 375 g/mol. The second-order valence-electron chi connectivity index (χ2n) is 5.63. The van der Waals surface area contributed by atoms with Gasteiger partial charge in [0.25, 0.3) is 0 Å². The van der Waals surface area contributed by atoms with Gasteiger partial charge < -0.3 is 15.0 Å². The molecule has 1 N–H and O–H groups in total. The van der Waals surface area contributed by atoms with Crippen LogP contribution in [0.15, 0.2) is 42.5 Å². The molecular formula is C19H20Cl2N2O3. The quantitative estimate of drug-likeness (QED) is 0.778. The van der Waals surface area contributed by atoms with E-state index in [0.717, 1.165) is 11.3 Å². The lowest BCUT2D eigenvalue weighted by atomic mass is 10.1. The molecule has 0 aromatic heterocycles. The lowest BCUT2D eigenvalue weighted by molar-refractivity contribution is -0.123. The maximum Gasteiger partial charge on any atom is 0.240 e. The predicted molar refractivity (Wildman–Crippen MR) is 104 cm³/mol. The molecule has 2 amide bonds. The lowest BCUT2D eigenvalue weighted by Crippen LogP contribution is -2.40. The number of anilines is 1. The van der Waals surface area contributed by atoms with Crippen molar-refractivity contribution >= 4 is 40.7 Å². The first-order chi connectivity index (χ1) is 12.4. The first kappa shape index (κ1) is 20.1. The first-order valence-electron chi connectivity index (χ1n) is 8.04. The topological polar surface area (TPSA) is 58.6 Å². The molecule has 0 heterocycles. The van der Waals surface area contributed by atoms with E-state index in [4.69, 9.17) is 27.9 Å². The zero-order valence-electron chi connectivity index (χ0n) is 14.6. The van der Waals surface area contributed by atoms with Gasteiger partial charge in [0.15, 0.2) is 0 Å². The molecule has 7 heteroatoms. The van der Waals surface area contributed by atoms with Gasteiger partial charge in [-0.2, -0.15) is 0 Å². The average Bonchev–Trinajstić information content (AvgIpc) is 2.63. The highest BCUT2D eigenvalue weighted by Crippen LogP contribution is 2.32. The summed E-state index contributed by atoms with van der Waals surface area (Å²) in [6.45, 7) is 1.71. The molecule has 2 aromatic rings. The Hall–Kier alpha value is -2.24. The van der Waals surface area contributed by atoms with Gasteiger partial charge in [-0.25, -0.2) is 0 Å². The Kier molecular flexibility index (Phi) is 7.30. The Morgan fingerprint density at radius 1 is 1.12 bits per heavy atom. The predicted octanol–water partition coefficient (Wildman–Crippen LogP) is 3.71. The average molecular weight is 395 g/mol. The number of ether oxygens (including phenoxy) is 1. The molecule has 0 aliphatic carbocycles. The molecule has 2 rings (SSSR count). The summed E-state index contributed by atoms with van der Waals surface area (Å²) in [7, 11) is 1.61. The summed E-state index contributed by atoms with van der Waals surface area (Å²) in [5.74, 6) is 0.220. The number of rotatable bonds is 7. The van der Waals surface area contributed by atoms with Crippen molar-refractivity contribution in [3.8, 4) is 5.75 Å². The Labute approximate surface area is 162 Å². The zero-order valence-corrected chi connectivity index (χ0v) is 16.1. The van der Waals surface area contributed by atoms with Gasteiger partial charge in [-0.15, -0.1) is 0 Å². The van der Waals surface area contributed by atoms with Crippen LogP contribution >= 0.6 is 23.2 Å². The third-order valence-corrected chi connectivity index (χ3v) is 4.61. The maximum absolute atomic E-state index is 12.2. The summed E-state index contributed by atoms with van der Waals surface area (Å²) in [6.07, 6.45) is 0.674. The first-order valence-corrected chi connectivity index (χ1v) is 8.79. The van der Waals surface area contributed by atoms with Crippen LogP contribution < -0.4 is 15.0 Å². The third-order valence-electron chi connectivity index (χ3n) is 3.80. The fourth-order valence-corrected chi connectivity index (χ4v) is 2.80. The molecule has 0 aliphatic heterocycles. The minimum Gasteiger partial charge on any atom is -0.497 e. The molecule has 0 aliphatic rings. The van der Waals surface area contributed by atoms with Gasteiger partial charge in [-0.05, 0) is 36.2 Å². The highest BCUT2D eigenvalue weighted by Gasteiger charge is 2.19. The van der Waals surface area contributed by atoms with Crippen LogP contribution in [0.4, 0.5) is 5.69 Å². The second-order valence-corrected chi connectivity index (χ2v) is 6.41. The SMILES string of the molecule is COc1ccc(CCNC(=O)CN(C(C)=O)c2cccc(Cl)c2Cl)cc1. The molecule has 26 heavy (non-hydrogen) atoms. The maximum atomic E-state index is 12.2. The van der Waals surface area contributed by atoms with Gasteiger partial charge in [-0.1, -0.05) is 41.4 Å². The van der Waals surface area contributed by atoms with E-state index in [2.05, 4.69) is 5.32 Å². The number of carbonyl (C=O) groups is 2. The van der Waals surface area contributed by atoms with Crippen LogP contribution in [0.5, 0.6) is 5.75 Å². The van der Waals surface area contributed by atoms with Gasteiger partial charge in [0.1, 0.15) is 12.3 Å². The van der Waals surface area contributed by atoms with Crippen molar-refractivity contribution in [2.45, 2.75) is 13.3 Å². The number of benzene rings is 2. The number of hydrogen-bond acceptors (Lipinski definition) is 3. The van der Waals surface area contributed by atoms with E-state index in [1.807, 2.05) is 24.3 Å². The number of nitrogens with one attached hydrogen (secondary N) is 1. The lowest BCUT2D eigenvalue weighted by Gasteiger charge is -2.22. The van der Waals surface area contributed by atoms with Crippen LogP contribution in [0, 0.1) is 0 Å². The Morgan fingerprint density at radius 2 is 1.81 bits per heavy atom. The molecule has 0 spiro atoms. The standard InChI is InChI=1S/C19H20Cl2N2O3/c1-13(24)23(17-5-3-4-16(20)19(17)21)12-18(25)22-11-10-14-6-8-15(26-2)9-7-14/h3-9H,10-12H2,1-2H3,(H,22,25). The van der Waals surface area contributed by atoms with E-state index < -0.39 is 0 Å². The highest BCUT2D eigenvalue weighted by atomic mass is 35.5. The van der Waals surface area contributed by atoms with E-state index in [-0.39, 0.29) is 23.4 Å². The van der Waals surface area contributed by atoms with Crippen molar-refractivity contribution in [2.24, 2.45) is 0 Å². The van der Waals surface area contributed by atoms with Crippen molar-refractivity contribution in [2.75, 3.05) is 25.1 Å². The minimum atomic E-state index is -0.292. The zero-order chi connectivity index (χ0) is 19.1. The molecule has 138 valence electrons. The molecule has 5 nitrogen and oxygen atoms in total. The van der Waals surface area contributed by atoms with E-state index in [1.54, 1.807) is 25.3 Å². The van der Waals surface area contributed by atoms with Crippen molar-refractivity contribution < 1.29 is 14.3 Å². The van der Waals surface area contributed by atoms with Gasteiger partial charge >= 0.3 is 0 Å². The van der Waals surface area contributed by atoms with Crippen LogP contribution in [-0.2, 0) is 16.0 Å². The molecule has 0 radical (unpaired) electrons. The van der Waals surface area contributed by atoms with Crippen LogP contribution in [0.3, 0.4) is 0 Å². The van der Waals surface area contributed by atoms with E-state index in [1.165, 1.54) is 11.8 Å². The van der Waals surface area contributed by atoms with E-state index in [0.29, 0.717) is 23.7 Å². The van der Waals surface area contributed by atoms with Crippen molar-refractivity contribution in [1.82, 2.24) is 5.32 Å². The summed E-state index contributed by atoms with van der Waals surface area (Å²) in [5, 5.41) is 3.38. The summed E-state index contributed by atoms with van der Waals surface area (Å²) in [6, 6.07) is 12.6. The number of methoxy groups -OCH3 is 1. The van der Waals surface area contributed by atoms with Gasteiger partial charge in [0.2, 0.25) is 11.8 Å². The summed E-state index contributed by atoms with van der Waals surface area (Å²) in [4.78, 5) is 25.5. The van der Waals surface area contributed by atoms with Crippen LogP contribution in [-0.4, -0.2) is 32.0 Å². The van der Waals surface area contributed by atoms with Gasteiger partial charge in [0, 0.05) is 13.5 Å². The fraction of sp³-hybridized carbons (Fsp3) is 0.263. The molecule has 0 saturated heterocycles. The third kappa shape index (κ3) is 5.38. The van der Waals surface area contributed by atoms with Crippen LogP contribution in [0.25, 0.3) is 0 Å². The fourth-order valence-electron chi connectivity index (χ4n) is 2.40. The largest absolute Gasteiger partial charge is 0.497 e. The van der Waals surface area contributed by atoms with Crippen molar-refractivity contribution in [3.63, 3.8) is 0 Å². The molecule has 0 fully saturated rings. The van der Waals surface area contributed by atoms with Crippen molar-refractivity contribution in [3.05, 3.63) is 58.1 Å². The van der Waals surface area contributed by atoms with Crippen LogP contribution in [0.2, 0.25) is 10.0 Å². The number of halogens is 2. The Balaban J connectivity index is 1.93. The number of amides is 2. The monoisotopic (exact) mass is 394 g/mol. The Morgan fingerprint density at radius 3 is 2.42 bits per heavy atom. The highest BCUT2D eigenvalue weighted by molar-refractivity contribution is 6.44. The summed E-state index contributed by atoms with van der Waals surface area (Å²) in [5.41, 5.74) is 1.49. The van der Waals surface area contributed by atoms with Crippen LogP contribution in [0.1, 0.15) is 12.5 Å². The Bertz CT molecular complexity index is 779. The summed E-state index contributed by atoms with van der Waals surface area (Å²) >= 11 is 12.1. The molecule has 2 aromatic carbocycles. The summed E-state index contributed by atoms with van der Waals surface area (Å²) < 4.78 is 5.11.